The van der Waals surface area contributed by atoms with Crippen molar-refractivity contribution in [2.75, 3.05) is 28.3 Å². The molecule has 1 aromatic rings. The van der Waals surface area contributed by atoms with E-state index in [-0.39, 0.29) is 6.67 Å². The monoisotopic (exact) mass is 213 g/mol. The summed E-state index contributed by atoms with van der Waals surface area (Å²) in [4.78, 5) is 0. The maximum atomic E-state index is 11.3. The van der Waals surface area contributed by atoms with E-state index >= 15 is 0 Å². The highest BCUT2D eigenvalue weighted by molar-refractivity contribution is 7.92. The van der Waals surface area contributed by atoms with Crippen molar-refractivity contribution in [3.63, 3.8) is 0 Å². The van der Waals surface area contributed by atoms with Crippen molar-refractivity contribution in [1.82, 2.24) is 0 Å². The van der Waals surface area contributed by atoms with Crippen molar-refractivity contribution in [3.05, 3.63) is 18.2 Å². The highest BCUT2D eigenvalue weighted by atomic mass is 32.2. The number of nitrogens with zero attached hydrogens (tertiary/aromatic N) is 1. The van der Waals surface area contributed by atoms with Gasteiger partial charge in [0.1, 0.15) is 6.67 Å². The smallest absolute Gasteiger partial charge is 0.233 e. The number of nitrogens with two attached hydrogens (primary N) is 1. The van der Waals surface area contributed by atoms with Crippen LogP contribution in [-0.2, 0) is 10.0 Å². The Balaban J connectivity index is 2.51. The van der Waals surface area contributed by atoms with Gasteiger partial charge in [-0.05, 0) is 18.2 Å². The van der Waals surface area contributed by atoms with E-state index in [1.807, 2.05) is 0 Å². The Morgan fingerprint density at radius 2 is 2.21 bits per heavy atom. The van der Waals surface area contributed by atoms with Crippen LogP contribution in [0.5, 0.6) is 0 Å². The second-order valence-corrected chi connectivity index (χ2v) is 5.13. The fourth-order valence-corrected chi connectivity index (χ4v) is 2.27. The van der Waals surface area contributed by atoms with E-state index in [0.717, 1.165) is 5.69 Å². The zero-order valence-corrected chi connectivity index (χ0v) is 8.50. The van der Waals surface area contributed by atoms with E-state index in [4.69, 9.17) is 5.73 Å². The molecule has 2 rings (SSSR count). The maximum absolute atomic E-state index is 11.3. The third-order valence-electron chi connectivity index (χ3n) is 2.10. The van der Waals surface area contributed by atoms with Crippen LogP contribution in [-0.4, -0.2) is 21.3 Å². The van der Waals surface area contributed by atoms with Gasteiger partial charge in [-0.1, -0.05) is 0 Å². The molecule has 1 aromatic carbocycles. The lowest BCUT2D eigenvalue weighted by Gasteiger charge is -2.14. The number of fused-ring (bicyclic) bond motifs is 1. The minimum absolute atomic E-state index is 0.275. The van der Waals surface area contributed by atoms with Crippen LogP contribution in [0.25, 0.3) is 0 Å². The third-order valence-corrected chi connectivity index (χ3v) is 3.23. The Morgan fingerprint density at radius 3 is 2.86 bits per heavy atom. The van der Waals surface area contributed by atoms with E-state index in [1.54, 1.807) is 18.2 Å². The van der Waals surface area contributed by atoms with Gasteiger partial charge in [0.15, 0.2) is 0 Å². The van der Waals surface area contributed by atoms with E-state index in [0.29, 0.717) is 11.4 Å². The fraction of sp³-hybridized carbons (Fsp3) is 0.250. The van der Waals surface area contributed by atoms with Gasteiger partial charge in [0.05, 0.1) is 17.6 Å². The summed E-state index contributed by atoms with van der Waals surface area (Å²) in [5, 5.41) is 2.96. The number of benzene rings is 1. The molecule has 0 bridgehead atoms. The van der Waals surface area contributed by atoms with Crippen LogP contribution in [0.1, 0.15) is 0 Å². The minimum atomic E-state index is -3.20. The van der Waals surface area contributed by atoms with Gasteiger partial charge in [-0.2, -0.15) is 0 Å². The molecular formula is C8H11N3O2S. The van der Waals surface area contributed by atoms with Gasteiger partial charge in [0.25, 0.3) is 0 Å². The van der Waals surface area contributed by atoms with E-state index in [9.17, 15) is 8.42 Å². The molecule has 3 N–H and O–H groups in total. The Labute approximate surface area is 82.6 Å². The molecule has 5 nitrogen and oxygen atoms in total. The largest absolute Gasteiger partial charge is 0.399 e. The first-order valence-corrected chi connectivity index (χ1v) is 5.94. The summed E-state index contributed by atoms with van der Waals surface area (Å²) in [5.74, 6) is 0. The average Bonchev–Trinajstić information content (AvgIpc) is 2.45. The van der Waals surface area contributed by atoms with Crippen LogP contribution in [0, 0.1) is 0 Å². The average molecular weight is 213 g/mol. The van der Waals surface area contributed by atoms with E-state index in [1.165, 1.54) is 10.6 Å². The fourth-order valence-electron chi connectivity index (χ4n) is 1.45. The minimum Gasteiger partial charge on any atom is -0.399 e. The second kappa shape index (κ2) is 2.78. The number of rotatable bonds is 1. The molecule has 1 aliphatic heterocycles. The molecule has 0 atom stereocenters. The Bertz CT molecular complexity index is 469. The summed E-state index contributed by atoms with van der Waals surface area (Å²) in [6.45, 7) is 0.275. The van der Waals surface area contributed by atoms with Crippen molar-refractivity contribution in [3.8, 4) is 0 Å². The molecule has 0 unspecified atom stereocenters. The quantitative estimate of drug-likeness (QED) is 0.663. The highest BCUT2D eigenvalue weighted by Gasteiger charge is 2.25. The van der Waals surface area contributed by atoms with Crippen LogP contribution in [0.3, 0.4) is 0 Å². The number of anilines is 3. The van der Waals surface area contributed by atoms with Gasteiger partial charge in [-0.15, -0.1) is 0 Å². The molecule has 1 aliphatic rings. The lowest BCUT2D eigenvalue weighted by molar-refractivity contribution is 0.599. The summed E-state index contributed by atoms with van der Waals surface area (Å²) >= 11 is 0. The molecule has 0 aromatic heterocycles. The normalized spacial score (nSPS) is 15.1. The number of hydrogen-bond acceptors (Lipinski definition) is 4. The molecule has 0 radical (unpaired) electrons. The SMILES string of the molecule is CS(=O)(=O)N1CNc2cc(N)ccc21. The maximum Gasteiger partial charge on any atom is 0.233 e. The van der Waals surface area contributed by atoms with E-state index < -0.39 is 10.0 Å². The van der Waals surface area contributed by atoms with Crippen molar-refractivity contribution in [2.24, 2.45) is 0 Å². The van der Waals surface area contributed by atoms with Gasteiger partial charge in [-0.3, -0.25) is 0 Å². The van der Waals surface area contributed by atoms with Crippen LogP contribution < -0.4 is 15.4 Å². The van der Waals surface area contributed by atoms with Crippen LogP contribution in [0.15, 0.2) is 18.2 Å². The second-order valence-electron chi connectivity index (χ2n) is 3.22. The first kappa shape index (κ1) is 9.14. The molecular weight excluding hydrogens is 202 g/mol. The molecule has 1 heterocycles. The predicted molar refractivity (Wildman–Crippen MR) is 56.7 cm³/mol. The molecule has 0 saturated heterocycles. The Hall–Kier alpha value is -1.43. The molecule has 0 amide bonds. The summed E-state index contributed by atoms with van der Waals surface area (Å²) < 4.78 is 24.0. The van der Waals surface area contributed by atoms with Gasteiger partial charge in [0.2, 0.25) is 10.0 Å². The predicted octanol–water partition coefficient (Wildman–Crippen LogP) is 0.418. The van der Waals surface area contributed by atoms with Crippen LogP contribution in [0.2, 0.25) is 0 Å². The van der Waals surface area contributed by atoms with Gasteiger partial charge in [0, 0.05) is 5.69 Å². The third kappa shape index (κ3) is 1.37. The van der Waals surface area contributed by atoms with Crippen LogP contribution >= 0.6 is 0 Å². The van der Waals surface area contributed by atoms with Crippen molar-refractivity contribution in [1.29, 1.82) is 0 Å². The molecule has 0 saturated carbocycles. The number of nitrogens with one attached hydrogen (secondary N) is 1. The van der Waals surface area contributed by atoms with Gasteiger partial charge < -0.3 is 11.1 Å². The molecule has 0 aliphatic carbocycles. The zero-order chi connectivity index (χ0) is 10.3. The number of nitrogen functional groups attached to an aromatic ring is 1. The number of hydrogen-bond donors (Lipinski definition) is 2. The van der Waals surface area contributed by atoms with Crippen LogP contribution in [0.4, 0.5) is 17.1 Å². The summed E-state index contributed by atoms with van der Waals surface area (Å²) in [6.07, 6.45) is 1.18. The Morgan fingerprint density at radius 1 is 1.50 bits per heavy atom. The molecule has 76 valence electrons. The summed E-state index contributed by atoms with van der Waals surface area (Å²) in [7, 11) is -3.20. The first-order chi connectivity index (χ1) is 6.48. The highest BCUT2D eigenvalue weighted by Crippen LogP contribution is 2.34. The van der Waals surface area contributed by atoms with Gasteiger partial charge in [-0.25, -0.2) is 12.7 Å². The van der Waals surface area contributed by atoms with Crippen molar-refractivity contribution < 1.29 is 8.42 Å². The molecule has 6 heteroatoms. The summed E-state index contributed by atoms with van der Waals surface area (Å²) in [6, 6.07) is 5.11. The van der Waals surface area contributed by atoms with Crippen molar-refractivity contribution >= 4 is 27.1 Å². The van der Waals surface area contributed by atoms with Crippen molar-refractivity contribution in [2.45, 2.75) is 0 Å². The lowest BCUT2D eigenvalue weighted by Crippen LogP contribution is -2.29. The first-order valence-electron chi connectivity index (χ1n) is 4.09. The molecule has 0 fully saturated rings. The zero-order valence-electron chi connectivity index (χ0n) is 7.69. The number of sulfonamides is 1. The van der Waals surface area contributed by atoms with Gasteiger partial charge >= 0.3 is 0 Å². The molecule has 0 spiro atoms. The summed E-state index contributed by atoms with van der Waals surface area (Å²) in [5.41, 5.74) is 7.61. The molecule has 14 heavy (non-hydrogen) atoms. The van der Waals surface area contributed by atoms with E-state index in [2.05, 4.69) is 5.32 Å². The standard InChI is InChI=1S/C8H11N3O2S/c1-14(12,13)11-5-10-7-4-6(9)2-3-8(7)11/h2-4,10H,5,9H2,1H3. The Kier molecular flexibility index (Phi) is 1.81. The topological polar surface area (TPSA) is 75.4 Å². The lowest BCUT2D eigenvalue weighted by atomic mass is 10.2.